The normalized spacial score (nSPS) is 35.6. The molecule has 2 unspecified atom stereocenters. The van der Waals surface area contributed by atoms with E-state index in [2.05, 4.69) is 13.8 Å². The molecule has 138 valence electrons. The zero-order chi connectivity index (χ0) is 18.4. The first-order valence-electron chi connectivity index (χ1n) is 9.04. The first kappa shape index (κ1) is 18.0. The molecular weight excluding hydrogens is 320 g/mol. The van der Waals surface area contributed by atoms with Gasteiger partial charge >= 0.3 is 11.9 Å². The van der Waals surface area contributed by atoms with Crippen LogP contribution in [0.1, 0.15) is 53.4 Å². The average molecular weight is 348 g/mol. The van der Waals surface area contributed by atoms with Crippen molar-refractivity contribution >= 4 is 11.9 Å². The number of hydrogen-bond donors (Lipinski definition) is 0. The van der Waals surface area contributed by atoms with Crippen molar-refractivity contribution in [1.82, 2.24) is 0 Å². The number of allylic oxidation sites excluding steroid dienone is 1. The quantitative estimate of drug-likeness (QED) is 0.724. The van der Waals surface area contributed by atoms with Crippen LogP contribution in [0.25, 0.3) is 0 Å². The number of fused-ring (bicyclic) bond motifs is 2. The number of carbonyl (C=O) groups is 2. The van der Waals surface area contributed by atoms with Crippen molar-refractivity contribution in [1.29, 1.82) is 0 Å². The Labute approximate surface area is 149 Å². The summed E-state index contributed by atoms with van der Waals surface area (Å²) < 4.78 is 16.4. The van der Waals surface area contributed by atoms with E-state index in [9.17, 15) is 9.59 Å². The van der Waals surface area contributed by atoms with Crippen LogP contribution in [-0.2, 0) is 23.8 Å². The van der Waals surface area contributed by atoms with E-state index in [0.29, 0.717) is 29.8 Å². The number of carbonyl (C=O) groups excluding carboxylic acids is 2. The average Bonchev–Trinajstić information content (AvgIpc) is 2.96. The van der Waals surface area contributed by atoms with Crippen LogP contribution in [0.4, 0.5) is 0 Å². The monoisotopic (exact) mass is 348 g/mol. The van der Waals surface area contributed by atoms with Crippen molar-refractivity contribution in [3.8, 4) is 0 Å². The Kier molecular flexibility index (Phi) is 4.46. The third-order valence-corrected chi connectivity index (χ3v) is 6.40. The van der Waals surface area contributed by atoms with Gasteiger partial charge in [0.15, 0.2) is 11.5 Å². The summed E-state index contributed by atoms with van der Waals surface area (Å²) in [6.45, 7) is 7.77. The van der Waals surface area contributed by atoms with Crippen LogP contribution in [0.3, 0.4) is 0 Å². The lowest BCUT2D eigenvalue weighted by molar-refractivity contribution is -0.161. The Morgan fingerprint density at radius 1 is 1.16 bits per heavy atom. The van der Waals surface area contributed by atoms with E-state index in [4.69, 9.17) is 14.2 Å². The van der Waals surface area contributed by atoms with E-state index in [0.717, 1.165) is 12.8 Å². The van der Waals surface area contributed by atoms with Gasteiger partial charge in [0.05, 0.1) is 12.5 Å². The van der Waals surface area contributed by atoms with Crippen LogP contribution in [0.15, 0.2) is 23.7 Å². The van der Waals surface area contributed by atoms with Crippen molar-refractivity contribution in [2.45, 2.75) is 59.5 Å². The fourth-order valence-corrected chi connectivity index (χ4v) is 4.73. The van der Waals surface area contributed by atoms with Crippen molar-refractivity contribution in [2.24, 2.45) is 22.7 Å². The first-order valence-corrected chi connectivity index (χ1v) is 9.04. The summed E-state index contributed by atoms with van der Waals surface area (Å²) in [5.41, 5.74) is -0.546. The molecule has 0 amide bonds. The van der Waals surface area contributed by atoms with Crippen molar-refractivity contribution in [3.05, 3.63) is 23.7 Å². The van der Waals surface area contributed by atoms with Gasteiger partial charge in [-0.3, -0.25) is 9.59 Å². The Bertz CT molecular complexity index is 644. The molecule has 0 heterocycles. The molecule has 2 bridgehead atoms. The van der Waals surface area contributed by atoms with E-state index in [-0.39, 0.29) is 17.5 Å². The van der Waals surface area contributed by atoms with Gasteiger partial charge in [-0.1, -0.05) is 13.8 Å². The Balaban J connectivity index is 1.71. The Morgan fingerprint density at radius 3 is 2.40 bits per heavy atom. The summed E-state index contributed by atoms with van der Waals surface area (Å²) in [7, 11) is 1.50. The van der Waals surface area contributed by atoms with Gasteiger partial charge in [-0.05, 0) is 56.1 Å². The second-order valence-electron chi connectivity index (χ2n) is 8.38. The summed E-state index contributed by atoms with van der Waals surface area (Å²) in [5, 5.41) is 0. The molecule has 0 saturated heterocycles. The lowest BCUT2D eigenvalue weighted by Gasteiger charge is -2.32. The van der Waals surface area contributed by atoms with Gasteiger partial charge in [-0.15, -0.1) is 0 Å². The second-order valence-corrected chi connectivity index (χ2v) is 8.38. The molecule has 5 nitrogen and oxygen atoms in total. The maximum absolute atomic E-state index is 12.9. The van der Waals surface area contributed by atoms with E-state index < -0.39 is 11.4 Å². The maximum Gasteiger partial charge on any atom is 0.316 e. The molecular formula is C20H28O5. The molecule has 3 rings (SSSR count). The zero-order valence-corrected chi connectivity index (χ0v) is 15.8. The Morgan fingerprint density at radius 2 is 1.88 bits per heavy atom. The highest BCUT2D eigenvalue weighted by Gasteiger charge is 2.55. The standard InChI is InChI=1S/C20H28O5/c1-12(21)24-15-8-9-20(4,11-17(15)23-5)18(22)25-16-10-13-6-7-14(16)19(13,2)3/h8,11,13-14,16H,6-7,9-10H2,1-5H3/t13?,14?,16-,20-/m0/s1. The van der Waals surface area contributed by atoms with Gasteiger partial charge in [0.2, 0.25) is 0 Å². The van der Waals surface area contributed by atoms with E-state index in [1.165, 1.54) is 20.5 Å². The largest absolute Gasteiger partial charge is 0.493 e. The molecule has 3 aliphatic rings. The van der Waals surface area contributed by atoms with Gasteiger partial charge in [0.25, 0.3) is 0 Å². The van der Waals surface area contributed by atoms with Gasteiger partial charge < -0.3 is 14.2 Å². The maximum atomic E-state index is 12.9. The fraction of sp³-hybridized carbons (Fsp3) is 0.700. The lowest BCUT2D eigenvalue weighted by Crippen LogP contribution is -2.36. The number of ether oxygens (including phenoxy) is 3. The highest BCUT2D eigenvalue weighted by molar-refractivity contribution is 5.80. The smallest absolute Gasteiger partial charge is 0.316 e. The van der Waals surface area contributed by atoms with Gasteiger partial charge in [-0.25, -0.2) is 0 Å². The molecule has 2 saturated carbocycles. The summed E-state index contributed by atoms with van der Waals surface area (Å²) in [6.07, 6.45) is 7.22. The number of hydrogen-bond acceptors (Lipinski definition) is 5. The summed E-state index contributed by atoms with van der Waals surface area (Å²) >= 11 is 0. The minimum absolute atomic E-state index is 0.0105. The topological polar surface area (TPSA) is 61.8 Å². The van der Waals surface area contributed by atoms with Gasteiger partial charge in [-0.2, -0.15) is 0 Å². The van der Waals surface area contributed by atoms with Crippen LogP contribution in [0.5, 0.6) is 0 Å². The first-order chi connectivity index (χ1) is 11.7. The highest BCUT2D eigenvalue weighted by atomic mass is 16.6. The third-order valence-electron chi connectivity index (χ3n) is 6.40. The predicted molar refractivity (Wildman–Crippen MR) is 92.2 cm³/mol. The predicted octanol–water partition coefficient (Wildman–Crippen LogP) is 3.74. The number of rotatable bonds is 4. The van der Waals surface area contributed by atoms with E-state index in [1.807, 2.05) is 6.92 Å². The van der Waals surface area contributed by atoms with Crippen LogP contribution >= 0.6 is 0 Å². The molecule has 0 aromatic carbocycles. The summed E-state index contributed by atoms with van der Waals surface area (Å²) in [5.74, 6) is 1.22. The number of esters is 2. The van der Waals surface area contributed by atoms with E-state index >= 15 is 0 Å². The lowest BCUT2D eigenvalue weighted by atomic mass is 9.81. The summed E-state index contributed by atoms with van der Waals surface area (Å²) in [4.78, 5) is 24.1. The molecule has 25 heavy (non-hydrogen) atoms. The molecule has 0 aromatic rings. The molecule has 0 radical (unpaired) electrons. The van der Waals surface area contributed by atoms with Gasteiger partial charge in [0.1, 0.15) is 6.10 Å². The Hall–Kier alpha value is -1.78. The molecule has 4 atom stereocenters. The van der Waals surface area contributed by atoms with Crippen molar-refractivity contribution < 1.29 is 23.8 Å². The molecule has 0 aliphatic heterocycles. The second kappa shape index (κ2) is 6.19. The third kappa shape index (κ3) is 3.09. The number of methoxy groups -OCH3 is 1. The molecule has 0 aromatic heterocycles. The SMILES string of the molecule is COC1=C[C@@](C)(C(=O)O[C@H]2CC3CCC2C3(C)C)CC=C1OC(C)=O. The molecule has 0 N–H and O–H groups in total. The van der Waals surface area contributed by atoms with Crippen molar-refractivity contribution in [2.75, 3.05) is 7.11 Å². The van der Waals surface area contributed by atoms with Crippen molar-refractivity contribution in [3.63, 3.8) is 0 Å². The molecule has 0 spiro atoms. The zero-order valence-electron chi connectivity index (χ0n) is 15.8. The molecule has 3 aliphatic carbocycles. The van der Waals surface area contributed by atoms with Crippen LogP contribution in [0, 0.1) is 22.7 Å². The molecule has 5 heteroatoms. The molecule has 2 fully saturated rings. The van der Waals surface area contributed by atoms with Crippen LogP contribution < -0.4 is 0 Å². The van der Waals surface area contributed by atoms with Crippen LogP contribution in [0.2, 0.25) is 0 Å². The summed E-state index contributed by atoms with van der Waals surface area (Å²) in [6, 6.07) is 0. The highest BCUT2D eigenvalue weighted by Crippen LogP contribution is 2.58. The minimum atomic E-state index is -0.805. The van der Waals surface area contributed by atoms with Crippen LogP contribution in [-0.4, -0.2) is 25.2 Å². The fourth-order valence-electron chi connectivity index (χ4n) is 4.73. The van der Waals surface area contributed by atoms with E-state index in [1.54, 1.807) is 12.2 Å². The minimum Gasteiger partial charge on any atom is -0.493 e. The van der Waals surface area contributed by atoms with Gasteiger partial charge in [0, 0.05) is 12.8 Å².